The van der Waals surface area contributed by atoms with Crippen molar-refractivity contribution in [2.75, 3.05) is 20.8 Å². The number of rotatable bonds is 5. The van der Waals surface area contributed by atoms with Gasteiger partial charge in [0, 0.05) is 12.0 Å². The number of phenols is 1. The molecule has 0 aliphatic carbocycles. The van der Waals surface area contributed by atoms with Gasteiger partial charge in [0.1, 0.15) is 0 Å². The van der Waals surface area contributed by atoms with Gasteiger partial charge < -0.3 is 19.4 Å². The van der Waals surface area contributed by atoms with E-state index in [1.807, 2.05) is 0 Å². The predicted octanol–water partition coefficient (Wildman–Crippen LogP) is 0.620. The maximum absolute atomic E-state index is 11.4. The molecule has 6 nitrogen and oxygen atoms in total. The van der Waals surface area contributed by atoms with Crippen molar-refractivity contribution in [2.45, 2.75) is 6.42 Å². The zero-order valence-corrected chi connectivity index (χ0v) is 9.73. The number of ether oxygens (including phenoxy) is 2. The van der Waals surface area contributed by atoms with Crippen LogP contribution in [0, 0.1) is 0 Å². The summed E-state index contributed by atoms with van der Waals surface area (Å²) in [5, 5.41) is 9.82. The van der Waals surface area contributed by atoms with Crippen LogP contribution in [0.1, 0.15) is 15.9 Å². The molecule has 1 rings (SSSR count). The van der Waals surface area contributed by atoms with E-state index >= 15 is 0 Å². The molecule has 3 N–H and O–H groups in total. The molecule has 0 atom stereocenters. The molecule has 0 aliphatic heterocycles. The Bertz CT molecular complexity index is 405. The van der Waals surface area contributed by atoms with Crippen LogP contribution in [0.3, 0.4) is 0 Å². The lowest BCUT2D eigenvalue weighted by Gasteiger charge is -2.10. The highest BCUT2D eigenvalue weighted by Crippen LogP contribution is 2.32. The summed E-state index contributed by atoms with van der Waals surface area (Å²) in [6.45, 7) is 0.224. The Balaban J connectivity index is 3.13. The van der Waals surface area contributed by atoms with Crippen molar-refractivity contribution >= 4 is 5.97 Å². The fourth-order valence-corrected chi connectivity index (χ4v) is 1.42. The molecule has 0 aliphatic rings. The van der Waals surface area contributed by atoms with E-state index in [9.17, 15) is 9.90 Å². The van der Waals surface area contributed by atoms with E-state index in [-0.39, 0.29) is 18.1 Å². The van der Waals surface area contributed by atoms with Gasteiger partial charge >= 0.3 is 5.97 Å². The molecule has 0 unspecified atom stereocenters. The first-order valence-electron chi connectivity index (χ1n) is 4.94. The second-order valence-electron chi connectivity index (χ2n) is 3.30. The first-order valence-corrected chi connectivity index (χ1v) is 4.94. The predicted molar refractivity (Wildman–Crippen MR) is 59.8 cm³/mol. The number of phenolic OH excluding ortho intramolecular Hbond substituents is 1. The zero-order chi connectivity index (χ0) is 12.8. The summed E-state index contributed by atoms with van der Waals surface area (Å²) >= 11 is 0. The van der Waals surface area contributed by atoms with Gasteiger partial charge in [0.25, 0.3) is 0 Å². The number of methoxy groups -OCH3 is 2. The van der Waals surface area contributed by atoms with Crippen LogP contribution < -0.4 is 10.6 Å². The largest absolute Gasteiger partial charge is 0.504 e. The summed E-state index contributed by atoms with van der Waals surface area (Å²) in [6.07, 6.45) is 0.365. The van der Waals surface area contributed by atoms with Gasteiger partial charge in [-0.2, -0.15) is 0 Å². The zero-order valence-electron chi connectivity index (χ0n) is 9.73. The van der Waals surface area contributed by atoms with Crippen LogP contribution in [0.5, 0.6) is 11.5 Å². The number of carbonyl (C=O) groups excluding carboxylic acids is 1. The molecule has 17 heavy (non-hydrogen) atoms. The average Bonchev–Trinajstić information content (AvgIpc) is 2.36. The molecular formula is C11H15NO5. The molecule has 0 fully saturated rings. The van der Waals surface area contributed by atoms with Crippen molar-refractivity contribution in [3.05, 3.63) is 23.3 Å². The van der Waals surface area contributed by atoms with Crippen molar-refractivity contribution in [2.24, 2.45) is 5.90 Å². The first kappa shape index (κ1) is 13.3. The molecule has 0 radical (unpaired) electrons. The van der Waals surface area contributed by atoms with Gasteiger partial charge in [-0.15, -0.1) is 0 Å². The fraction of sp³-hybridized carbons (Fsp3) is 0.364. The van der Waals surface area contributed by atoms with Crippen molar-refractivity contribution in [3.63, 3.8) is 0 Å². The van der Waals surface area contributed by atoms with Gasteiger partial charge in [0.05, 0.1) is 26.4 Å². The summed E-state index contributed by atoms with van der Waals surface area (Å²) in [5.74, 6) is 4.59. The minimum Gasteiger partial charge on any atom is -0.504 e. The summed E-state index contributed by atoms with van der Waals surface area (Å²) < 4.78 is 9.57. The SMILES string of the molecule is COC(=O)c1cc(CCON)c(O)c(OC)c1. The smallest absolute Gasteiger partial charge is 0.337 e. The van der Waals surface area contributed by atoms with Gasteiger partial charge in [-0.05, 0) is 12.1 Å². The monoisotopic (exact) mass is 241 g/mol. The van der Waals surface area contributed by atoms with Crippen LogP contribution in [0.25, 0.3) is 0 Å². The average molecular weight is 241 g/mol. The third-order valence-electron chi connectivity index (χ3n) is 2.28. The lowest BCUT2D eigenvalue weighted by Crippen LogP contribution is -2.07. The highest BCUT2D eigenvalue weighted by atomic mass is 16.6. The molecule has 0 amide bonds. The maximum atomic E-state index is 11.4. The second kappa shape index (κ2) is 6.07. The van der Waals surface area contributed by atoms with Gasteiger partial charge in [0.2, 0.25) is 0 Å². The Labute approximate surface area is 98.8 Å². The van der Waals surface area contributed by atoms with Crippen LogP contribution in [0.15, 0.2) is 12.1 Å². The van der Waals surface area contributed by atoms with Gasteiger partial charge in [-0.1, -0.05) is 0 Å². The summed E-state index contributed by atoms with van der Waals surface area (Å²) in [6, 6.07) is 2.93. The number of carbonyl (C=O) groups is 1. The number of esters is 1. The van der Waals surface area contributed by atoms with E-state index in [1.165, 1.54) is 26.4 Å². The Morgan fingerprint density at radius 3 is 2.65 bits per heavy atom. The normalized spacial score (nSPS) is 10.1. The number of hydrogen-bond acceptors (Lipinski definition) is 6. The maximum Gasteiger partial charge on any atom is 0.337 e. The van der Waals surface area contributed by atoms with Gasteiger partial charge in [-0.3, -0.25) is 0 Å². The number of aromatic hydroxyl groups is 1. The standard InChI is InChI=1S/C11H15NO5/c1-15-9-6-8(11(14)16-2)5-7(10(9)13)3-4-17-12/h5-6,13H,3-4,12H2,1-2H3. The topological polar surface area (TPSA) is 91.0 Å². The number of benzene rings is 1. The van der Waals surface area contributed by atoms with E-state index < -0.39 is 5.97 Å². The van der Waals surface area contributed by atoms with Crippen molar-refractivity contribution in [3.8, 4) is 11.5 Å². The van der Waals surface area contributed by atoms with E-state index in [1.54, 1.807) is 0 Å². The second-order valence-corrected chi connectivity index (χ2v) is 3.30. The van der Waals surface area contributed by atoms with Crippen LogP contribution in [0.2, 0.25) is 0 Å². The third-order valence-corrected chi connectivity index (χ3v) is 2.28. The molecular weight excluding hydrogens is 226 g/mol. The summed E-state index contributed by atoms with van der Waals surface area (Å²) in [5.41, 5.74) is 0.810. The molecule has 0 saturated heterocycles. The van der Waals surface area contributed by atoms with E-state index in [0.717, 1.165) is 0 Å². The van der Waals surface area contributed by atoms with Crippen LogP contribution in [-0.4, -0.2) is 31.9 Å². The number of hydrogen-bond donors (Lipinski definition) is 2. The highest BCUT2D eigenvalue weighted by molar-refractivity contribution is 5.90. The van der Waals surface area contributed by atoms with Gasteiger partial charge in [0.15, 0.2) is 11.5 Å². The number of nitrogens with two attached hydrogens (primary N) is 1. The molecule has 0 saturated carbocycles. The molecule has 1 aromatic carbocycles. The quantitative estimate of drug-likeness (QED) is 0.580. The highest BCUT2D eigenvalue weighted by Gasteiger charge is 2.15. The Hall–Kier alpha value is -1.79. The van der Waals surface area contributed by atoms with E-state index in [4.69, 9.17) is 10.6 Å². The van der Waals surface area contributed by atoms with Crippen LogP contribution in [-0.2, 0) is 16.0 Å². The Morgan fingerprint density at radius 2 is 2.12 bits per heavy atom. The van der Waals surface area contributed by atoms with Crippen LogP contribution >= 0.6 is 0 Å². The minimum atomic E-state index is -0.502. The van der Waals surface area contributed by atoms with Crippen LogP contribution in [0.4, 0.5) is 0 Å². The molecule has 1 aromatic rings. The molecule has 0 aromatic heterocycles. The molecule has 0 bridgehead atoms. The van der Waals surface area contributed by atoms with E-state index in [0.29, 0.717) is 17.5 Å². The van der Waals surface area contributed by atoms with E-state index in [2.05, 4.69) is 9.57 Å². The molecule has 0 heterocycles. The first-order chi connectivity index (χ1) is 8.13. The molecule has 6 heteroatoms. The van der Waals surface area contributed by atoms with Crippen molar-refractivity contribution in [1.82, 2.24) is 0 Å². The van der Waals surface area contributed by atoms with Crippen molar-refractivity contribution < 1.29 is 24.2 Å². The molecule has 94 valence electrons. The third kappa shape index (κ3) is 3.08. The lowest BCUT2D eigenvalue weighted by molar-refractivity contribution is 0.0600. The molecule has 0 spiro atoms. The Morgan fingerprint density at radius 1 is 1.41 bits per heavy atom. The summed E-state index contributed by atoms with van der Waals surface area (Å²) in [7, 11) is 2.68. The lowest BCUT2D eigenvalue weighted by atomic mass is 10.1. The minimum absolute atomic E-state index is 0.0304. The van der Waals surface area contributed by atoms with Crippen molar-refractivity contribution in [1.29, 1.82) is 0 Å². The fourth-order valence-electron chi connectivity index (χ4n) is 1.42. The van der Waals surface area contributed by atoms with Gasteiger partial charge in [-0.25, -0.2) is 10.7 Å². The Kier molecular flexibility index (Phi) is 4.74. The summed E-state index contributed by atoms with van der Waals surface area (Å²) in [4.78, 5) is 15.8.